The van der Waals surface area contributed by atoms with E-state index in [1.807, 2.05) is 6.92 Å². The number of carbonyl (C=O) groups is 1. The van der Waals surface area contributed by atoms with Crippen LogP contribution in [0, 0.1) is 5.92 Å². The molecule has 7 heteroatoms. The van der Waals surface area contributed by atoms with Crippen LogP contribution in [0.15, 0.2) is 9.95 Å². The summed E-state index contributed by atoms with van der Waals surface area (Å²) >= 11 is 3.03. The van der Waals surface area contributed by atoms with E-state index in [1.165, 1.54) is 22.2 Å². The van der Waals surface area contributed by atoms with Crippen molar-refractivity contribution in [2.24, 2.45) is 5.92 Å². The molecule has 1 saturated heterocycles. The fraction of sp³-hybridized carbons (Fsp3) is 0.588. The predicted octanol–water partition coefficient (Wildman–Crippen LogP) is 3.01. The Hall–Kier alpha value is -1.34. The van der Waals surface area contributed by atoms with Gasteiger partial charge in [-0.2, -0.15) is 0 Å². The number of hydrogen-bond donors (Lipinski definition) is 0. The second-order valence-corrected chi connectivity index (χ2v) is 8.79. The number of fused-ring (bicyclic) bond motifs is 3. The van der Waals surface area contributed by atoms with E-state index in [4.69, 9.17) is 9.72 Å². The summed E-state index contributed by atoms with van der Waals surface area (Å²) in [6, 6.07) is 0. The van der Waals surface area contributed by atoms with Crippen molar-refractivity contribution in [3.8, 4) is 0 Å². The number of nitrogens with zero attached hydrogens (tertiary/aromatic N) is 2. The van der Waals surface area contributed by atoms with E-state index in [1.54, 1.807) is 15.9 Å². The molecule has 3 heterocycles. The highest BCUT2D eigenvalue weighted by Crippen LogP contribution is 2.37. The zero-order chi connectivity index (χ0) is 16.8. The maximum Gasteiger partial charge on any atom is 0.319 e. The van der Waals surface area contributed by atoms with Crippen molar-refractivity contribution in [1.29, 1.82) is 0 Å². The molecule has 1 fully saturated rings. The summed E-state index contributed by atoms with van der Waals surface area (Å²) in [4.78, 5) is 31.7. The molecule has 0 N–H and O–H groups in total. The van der Waals surface area contributed by atoms with Crippen molar-refractivity contribution >= 4 is 39.3 Å². The smallest absolute Gasteiger partial charge is 0.319 e. The van der Waals surface area contributed by atoms with E-state index >= 15 is 0 Å². The number of ether oxygens (including phenoxy) is 1. The Balaban J connectivity index is 1.83. The minimum atomic E-state index is -0.248. The number of hydrogen-bond acceptors (Lipinski definition) is 6. The molecule has 5 nitrogen and oxygen atoms in total. The Kier molecular flexibility index (Phi) is 4.16. The van der Waals surface area contributed by atoms with Crippen molar-refractivity contribution in [2.75, 3.05) is 6.61 Å². The van der Waals surface area contributed by atoms with Crippen LogP contribution < -0.4 is 5.56 Å². The van der Waals surface area contributed by atoms with Crippen LogP contribution in [0.2, 0.25) is 0 Å². The topological polar surface area (TPSA) is 61.2 Å². The highest BCUT2D eigenvalue weighted by atomic mass is 32.2. The molecule has 2 aromatic heterocycles. The first-order valence-electron chi connectivity index (χ1n) is 8.46. The number of thiophene rings is 1. The van der Waals surface area contributed by atoms with Crippen LogP contribution in [-0.4, -0.2) is 27.4 Å². The predicted molar refractivity (Wildman–Crippen MR) is 96.0 cm³/mol. The Morgan fingerprint density at radius 2 is 2.21 bits per heavy atom. The lowest BCUT2D eigenvalue weighted by Crippen LogP contribution is -2.24. The molecule has 1 aliphatic heterocycles. The number of aromatic nitrogens is 2. The summed E-state index contributed by atoms with van der Waals surface area (Å²) in [5.74, 6) is 0.470. The Labute approximate surface area is 148 Å². The van der Waals surface area contributed by atoms with E-state index in [2.05, 4.69) is 6.92 Å². The Bertz CT molecular complexity index is 871. The normalized spacial score (nSPS) is 23.5. The molecule has 0 aromatic carbocycles. The minimum Gasteiger partial charge on any atom is -0.465 e. The number of esters is 1. The van der Waals surface area contributed by atoms with Crippen LogP contribution in [0.5, 0.6) is 0 Å². The van der Waals surface area contributed by atoms with Crippen molar-refractivity contribution in [2.45, 2.75) is 56.5 Å². The molecule has 24 heavy (non-hydrogen) atoms. The number of thioether (sulfide) groups is 1. The van der Waals surface area contributed by atoms with Gasteiger partial charge in [-0.25, -0.2) is 4.98 Å². The fourth-order valence-corrected chi connectivity index (χ4v) is 6.03. The van der Waals surface area contributed by atoms with Gasteiger partial charge in [-0.1, -0.05) is 18.7 Å². The SMILES string of the molecule is CCn1c(S[C@H]2CCOC2=O)nc2sc3c(c2c1=O)CC[C@H](C)C3. The van der Waals surface area contributed by atoms with E-state index in [9.17, 15) is 9.59 Å². The van der Waals surface area contributed by atoms with Gasteiger partial charge in [0, 0.05) is 17.8 Å². The summed E-state index contributed by atoms with van der Waals surface area (Å²) in [5.41, 5.74) is 1.26. The highest BCUT2D eigenvalue weighted by molar-refractivity contribution is 8.00. The summed E-state index contributed by atoms with van der Waals surface area (Å²) in [6.45, 7) is 5.23. The van der Waals surface area contributed by atoms with Gasteiger partial charge in [0.15, 0.2) is 5.16 Å². The van der Waals surface area contributed by atoms with Gasteiger partial charge in [0.25, 0.3) is 5.56 Å². The number of carbonyl (C=O) groups excluding carboxylic acids is 1. The van der Waals surface area contributed by atoms with Crippen molar-refractivity contribution in [3.05, 3.63) is 20.8 Å². The molecular weight excluding hydrogens is 344 g/mol. The van der Waals surface area contributed by atoms with Gasteiger partial charge in [-0.15, -0.1) is 11.3 Å². The quantitative estimate of drug-likeness (QED) is 0.619. The first kappa shape index (κ1) is 16.1. The number of cyclic esters (lactones) is 1. The third kappa shape index (κ3) is 2.58. The largest absolute Gasteiger partial charge is 0.465 e. The summed E-state index contributed by atoms with van der Waals surface area (Å²) in [7, 11) is 0. The molecule has 4 rings (SSSR count). The summed E-state index contributed by atoms with van der Waals surface area (Å²) in [6.07, 6.45) is 3.83. The third-order valence-corrected chi connectivity index (χ3v) is 7.21. The van der Waals surface area contributed by atoms with E-state index in [-0.39, 0.29) is 16.8 Å². The molecule has 0 spiro atoms. The second kappa shape index (κ2) is 6.19. The molecule has 0 unspecified atom stereocenters. The van der Waals surface area contributed by atoms with Gasteiger partial charge in [0.2, 0.25) is 0 Å². The Morgan fingerprint density at radius 3 is 2.92 bits per heavy atom. The molecule has 0 bridgehead atoms. The standard InChI is InChI=1S/C17H20N2O3S2/c1-3-19-15(20)13-10-5-4-9(2)8-12(10)23-14(13)18-17(19)24-11-6-7-22-16(11)21/h9,11H,3-8H2,1-2H3/t9-,11-/m0/s1. The van der Waals surface area contributed by atoms with Crippen molar-refractivity contribution < 1.29 is 9.53 Å². The minimum absolute atomic E-state index is 0.0448. The molecule has 0 amide bonds. The van der Waals surface area contributed by atoms with Crippen LogP contribution in [0.1, 0.15) is 37.1 Å². The molecule has 128 valence electrons. The summed E-state index contributed by atoms with van der Waals surface area (Å²) in [5, 5.41) is 1.20. The van der Waals surface area contributed by atoms with Crippen LogP contribution >= 0.6 is 23.1 Å². The Morgan fingerprint density at radius 1 is 1.38 bits per heavy atom. The van der Waals surface area contributed by atoms with Crippen LogP contribution in [-0.2, 0) is 28.9 Å². The number of aryl methyl sites for hydroxylation is 1. The van der Waals surface area contributed by atoms with Gasteiger partial charge < -0.3 is 4.74 Å². The molecule has 0 saturated carbocycles. The van der Waals surface area contributed by atoms with Crippen LogP contribution in [0.25, 0.3) is 10.2 Å². The van der Waals surface area contributed by atoms with Crippen molar-refractivity contribution in [3.63, 3.8) is 0 Å². The van der Waals surface area contributed by atoms with Gasteiger partial charge in [-0.05, 0) is 37.7 Å². The monoisotopic (exact) mass is 364 g/mol. The maximum absolute atomic E-state index is 13.1. The van der Waals surface area contributed by atoms with Gasteiger partial charge in [0.05, 0.1) is 12.0 Å². The third-order valence-electron chi connectivity index (χ3n) is 4.83. The van der Waals surface area contributed by atoms with Crippen LogP contribution in [0.4, 0.5) is 0 Å². The molecule has 2 aliphatic rings. The highest BCUT2D eigenvalue weighted by Gasteiger charge is 2.30. The van der Waals surface area contributed by atoms with E-state index in [0.717, 1.165) is 29.5 Å². The zero-order valence-electron chi connectivity index (χ0n) is 13.8. The van der Waals surface area contributed by atoms with E-state index < -0.39 is 0 Å². The first-order valence-corrected chi connectivity index (χ1v) is 10.2. The van der Waals surface area contributed by atoms with Gasteiger partial charge in [-0.3, -0.25) is 14.2 Å². The molecule has 1 aliphatic carbocycles. The molecule has 2 aromatic rings. The lowest BCUT2D eigenvalue weighted by Gasteiger charge is -2.17. The second-order valence-electron chi connectivity index (χ2n) is 6.54. The summed E-state index contributed by atoms with van der Waals surface area (Å²) < 4.78 is 6.75. The van der Waals surface area contributed by atoms with Gasteiger partial charge >= 0.3 is 5.97 Å². The van der Waals surface area contributed by atoms with Gasteiger partial charge in [0.1, 0.15) is 10.1 Å². The zero-order valence-corrected chi connectivity index (χ0v) is 15.5. The average Bonchev–Trinajstić information content (AvgIpc) is 3.10. The fourth-order valence-electron chi connectivity index (χ4n) is 3.49. The van der Waals surface area contributed by atoms with Crippen LogP contribution in [0.3, 0.4) is 0 Å². The van der Waals surface area contributed by atoms with E-state index in [0.29, 0.717) is 30.6 Å². The molecule has 0 radical (unpaired) electrons. The molecule has 2 atom stereocenters. The lowest BCUT2D eigenvalue weighted by molar-refractivity contribution is -0.137. The maximum atomic E-state index is 13.1. The number of rotatable bonds is 3. The average molecular weight is 364 g/mol. The molecular formula is C17H20N2O3S2. The lowest BCUT2D eigenvalue weighted by atomic mass is 9.89. The van der Waals surface area contributed by atoms with Crippen molar-refractivity contribution in [1.82, 2.24) is 9.55 Å². The first-order chi connectivity index (χ1) is 11.6.